The number of imidazole rings is 1. The number of H-pyrrole nitrogens is 1. The fourth-order valence-corrected chi connectivity index (χ4v) is 0.705. The first-order chi connectivity index (χ1) is 5.83. The van der Waals surface area contributed by atoms with E-state index in [-0.39, 0.29) is 12.5 Å². The second kappa shape index (κ2) is 4.50. The molecule has 0 fully saturated rings. The molecule has 2 N–H and O–H groups in total. The smallest absolute Gasteiger partial charge is 0.251 e. The van der Waals surface area contributed by atoms with Gasteiger partial charge in [0.05, 0.1) is 12.5 Å². The van der Waals surface area contributed by atoms with Crippen LogP contribution in [-0.2, 0) is 9.53 Å². The molecule has 5 heteroatoms. The predicted octanol–water partition coefficient (Wildman–Crippen LogP) is 0.385. The first-order valence-corrected chi connectivity index (χ1v) is 3.69. The van der Waals surface area contributed by atoms with Gasteiger partial charge in [-0.1, -0.05) is 0 Å². The monoisotopic (exact) mass is 169 g/mol. The van der Waals surface area contributed by atoms with E-state index >= 15 is 0 Å². The minimum atomic E-state index is -0.180. The summed E-state index contributed by atoms with van der Waals surface area (Å²) in [5, 5.41) is 2.57. The van der Waals surface area contributed by atoms with Crippen LogP contribution in [0.3, 0.4) is 0 Å². The second-order valence-electron chi connectivity index (χ2n) is 2.15. The highest BCUT2D eigenvalue weighted by Crippen LogP contribution is 1.96. The van der Waals surface area contributed by atoms with Crippen molar-refractivity contribution in [2.24, 2.45) is 0 Å². The summed E-state index contributed by atoms with van der Waals surface area (Å²) in [7, 11) is 0. The molecule has 0 aliphatic rings. The third kappa shape index (κ3) is 2.71. The van der Waals surface area contributed by atoms with Crippen LogP contribution in [-0.4, -0.2) is 29.1 Å². The molecule has 0 saturated carbocycles. The first kappa shape index (κ1) is 8.73. The van der Waals surface area contributed by atoms with E-state index in [0.717, 1.165) is 0 Å². The number of hydrogen-bond donors (Lipinski definition) is 2. The van der Waals surface area contributed by atoms with E-state index in [1.165, 1.54) is 12.5 Å². The Hall–Kier alpha value is -1.36. The van der Waals surface area contributed by atoms with E-state index in [4.69, 9.17) is 4.74 Å². The van der Waals surface area contributed by atoms with Crippen LogP contribution in [0.1, 0.15) is 6.92 Å². The van der Waals surface area contributed by atoms with Gasteiger partial charge in [-0.25, -0.2) is 4.98 Å². The van der Waals surface area contributed by atoms with Crippen molar-refractivity contribution < 1.29 is 9.53 Å². The number of rotatable bonds is 4. The molecule has 12 heavy (non-hydrogen) atoms. The average molecular weight is 169 g/mol. The van der Waals surface area contributed by atoms with Crippen LogP contribution in [0.25, 0.3) is 0 Å². The van der Waals surface area contributed by atoms with Crippen LogP contribution in [0.4, 0.5) is 5.82 Å². The van der Waals surface area contributed by atoms with E-state index in [2.05, 4.69) is 15.3 Å². The number of carbonyl (C=O) groups excluding carboxylic acids is 1. The Kier molecular flexibility index (Phi) is 3.28. The third-order valence-electron chi connectivity index (χ3n) is 1.21. The minimum Gasteiger partial charge on any atom is -0.372 e. The lowest BCUT2D eigenvalue weighted by molar-refractivity contribution is -0.120. The number of nitrogens with one attached hydrogen (secondary N) is 2. The van der Waals surface area contributed by atoms with Crippen LogP contribution in [0, 0.1) is 0 Å². The molecule has 5 nitrogen and oxygen atoms in total. The Morgan fingerprint density at radius 3 is 3.25 bits per heavy atom. The normalized spacial score (nSPS) is 9.75. The molecule has 0 aliphatic carbocycles. The molecule has 0 bridgehead atoms. The second-order valence-corrected chi connectivity index (χ2v) is 2.15. The van der Waals surface area contributed by atoms with Crippen LogP contribution in [0.5, 0.6) is 0 Å². The lowest BCUT2D eigenvalue weighted by Gasteiger charge is -2.00. The Bertz CT molecular complexity index is 233. The zero-order chi connectivity index (χ0) is 8.81. The van der Waals surface area contributed by atoms with E-state index in [1.54, 1.807) is 0 Å². The number of ether oxygens (including phenoxy) is 1. The van der Waals surface area contributed by atoms with Crippen molar-refractivity contribution in [1.82, 2.24) is 9.97 Å². The number of aromatic amines is 1. The maximum absolute atomic E-state index is 11.0. The quantitative estimate of drug-likeness (QED) is 0.684. The molecule has 0 spiro atoms. The average Bonchev–Trinajstić information content (AvgIpc) is 2.53. The molecule has 1 amide bonds. The van der Waals surface area contributed by atoms with Gasteiger partial charge in [0.15, 0.2) is 0 Å². The summed E-state index contributed by atoms with van der Waals surface area (Å²) in [5.74, 6) is 0.404. The highest BCUT2D eigenvalue weighted by atomic mass is 16.5. The summed E-state index contributed by atoms with van der Waals surface area (Å²) in [4.78, 5) is 17.5. The van der Waals surface area contributed by atoms with Gasteiger partial charge in [0, 0.05) is 6.61 Å². The van der Waals surface area contributed by atoms with Gasteiger partial charge in [-0.3, -0.25) is 4.79 Å². The number of aromatic nitrogens is 2. The molecule has 1 rings (SSSR count). The fraction of sp³-hybridized carbons (Fsp3) is 0.429. The molecule has 0 atom stereocenters. The number of hydrogen-bond acceptors (Lipinski definition) is 3. The van der Waals surface area contributed by atoms with Crippen LogP contribution >= 0.6 is 0 Å². The highest BCUT2D eigenvalue weighted by Gasteiger charge is 2.01. The molecular formula is C7H11N3O2. The fourth-order valence-electron chi connectivity index (χ4n) is 0.705. The van der Waals surface area contributed by atoms with Gasteiger partial charge in [-0.15, -0.1) is 0 Å². The first-order valence-electron chi connectivity index (χ1n) is 3.69. The molecule has 0 aromatic carbocycles. The number of amides is 1. The Balaban J connectivity index is 2.27. The summed E-state index contributed by atoms with van der Waals surface area (Å²) < 4.78 is 4.90. The molecule has 0 unspecified atom stereocenters. The molecule has 0 aliphatic heterocycles. The molecule has 1 aromatic heterocycles. The van der Waals surface area contributed by atoms with E-state index in [0.29, 0.717) is 12.4 Å². The van der Waals surface area contributed by atoms with Gasteiger partial charge >= 0.3 is 0 Å². The summed E-state index contributed by atoms with van der Waals surface area (Å²) in [6.45, 7) is 2.45. The Morgan fingerprint density at radius 1 is 1.83 bits per heavy atom. The van der Waals surface area contributed by atoms with Crippen molar-refractivity contribution in [3.8, 4) is 0 Å². The molecule has 66 valence electrons. The maximum Gasteiger partial charge on any atom is 0.251 e. The van der Waals surface area contributed by atoms with Crippen LogP contribution < -0.4 is 5.32 Å². The van der Waals surface area contributed by atoms with Crippen LogP contribution in [0.2, 0.25) is 0 Å². The van der Waals surface area contributed by atoms with Gasteiger partial charge < -0.3 is 15.0 Å². The van der Waals surface area contributed by atoms with Gasteiger partial charge in [-0.2, -0.15) is 0 Å². The van der Waals surface area contributed by atoms with Gasteiger partial charge in [0.25, 0.3) is 5.91 Å². The zero-order valence-electron chi connectivity index (χ0n) is 6.83. The van der Waals surface area contributed by atoms with Crippen molar-refractivity contribution in [3.63, 3.8) is 0 Å². The minimum absolute atomic E-state index is 0.0789. The van der Waals surface area contributed by atoms with Crippen molar-refractivity contribution in [1.29, 1.82) is 0 Å². The summed E-state index contributed by atoms with van der Waals surface area (Å²) in [5.41, 5.74) is 0. The SMILES string of the molecule is CCOCC(=O)Nc1cnc[nH]1. The number of carbonyl (C=O) groups is 1. The molecular weight excluding hydrogens is 158 g/mol. The van der Waals surface area contributed by atoms with E-state index in [1.807, 2.05) is 6.92 Å². The molecule has 0 radical (unpaired) electrons. The Labute approximate surface area is 70.1 Å². The lowest BCUT2D eigenvalue weighted by Crippen LogP contribution is -2.18. The van der Waals surface area contributed by atoms with Crippen molar-refractivity contribution in [2.45, 2.75) is 6.92 Å². The molecule has 0 saturated heterocycles. The summed E-state index contributed by atoms with van der Waals surface area (Å²) in [6.07, 6.45) is 3.03. The lowest BCUT2D eigenvalue weighted by atomic mass is 10.6. The molecule has 1 heterocycles. The van der Waals surface area contributed by atoms with Crippen molar-refractivity contribution in [2.75, 3.05) is 18.5 Å². The van der Waals surface area contributed by atoms with E-state index in [9.17, 15) is 4.79 Å². The zero-order valence-corrected chi connectivity index (χ0v) is 6.83. The topological polar surface area (TPSA) is 67.0 Å². The van der Waals surface area contributed by atoms with Crippen LogP contribution in [0.15, 0.2) is 12.5 Å². The Morgan fingerprint density at radius 2 is 2.67 bits per heavy atom. The standard InChI is InChI=1S/C7H11N3O2/c1-2-12-4-7(11)10-6-3-8-5-9-6/h3,5H,2,4H2,1H3,(H,8,9)(H,10,11). The third-order valence-corrected chi connectivity index (χ3v) is 1.21. The molecule has 1 aromatic rings. The number of anilines is 1. The summed E-state index contributed by atoms with van der Waals surface area (Å²) in [6, 6.07) is 0. The van der Waals surface area contributed by atoms with Gasteiger partial charge in [0.2, 0.25) is 0 Å². The van der Waals surface area contributed by atoms with Gasteiger partial charge in [0.1, 0.15) is 12.4 Å². The highest BCUT2D eigenvalue weighted by molar-refractivity contribution is 5.90. The predicted molar refractivity (Wildman–Crippen MR) is 43.7 cm³/mol. The summed E-state index contributed by atoms with van der Waals surface area (Å²) >= 11 is 0. The van der Waals surface area contributed by atoms with Gasteiger partial charge in [-0.05, 0) is 6.92 Å². The van der Waals surface area contributed by atoms with E-state index < -0.39 is 0 Å². The van der Waals surface area contributed by atoms with Crippen molar-refractivity contribution >= 4 is 11.7 Å². The largest absolute Gasteiger partial charge is 0.372 e. The number of nitrogens with zero attached hydrogens (tertiary/aromatic N) is 1. The maximum atomic E-state index is 11.0. The van der Waals surface area contributed by atoms with Crippen molar-refractivity contribution in [3.05, 3.63) is 12.5 Å².